The normalized spacial score (nSPS) is 18.8. The highest BCUT2D eigenvalue weighted by molar-refractivity contribution is 5.90. The summed E-state index contributed by atoms with van der Waals surface area (Å²) in [6, 6.07) is 6.14. The third kappa shape index (κ3) is 4.28. The van der Waals surface area contributed by atoms with E-state index in [1.165, 1.54) is 6.07 Å². The highest BCUT2D eigenvalue weighted by Crippen LogP contribution is 2.21. The Labute approximate surface area is 118 Å². The minimum atomic E-state index is -0.577. The number of anilines is 1. The molecule has 1 aliphatic heterocycles. The van der Waals surface area contributed by atoms with E-state index in [1.54, 1.807) is 18.2 Å². The van der Waals surface area contributed by atoms with Gasteiger partial charge in [-0.05, 0) is 31.9 Å². The van der Waals surface area contributed by atoms with E-state index in [2.05, 4.69) is 10.2 Å². The second kappa shape index (κ2) is 6.33. The van der Waals surface area contributed by atoms with E-state index in [4.69, 9.17) is 0 Å². The molecule has 0 radical (unpaired) electrons. The molecule has 1 amide bonds. The van der Waals surface area contributed by atoms with Gasteiger partial charge < -0.3 is 15.3 Å². The molecule has 110 valence electrons. The van der Waals surface area contributed by atoms with Crippen LogP contribution in [-0.2, 0) is 4.79 Å². The van der Waals surface area contributed by atoms with E-state index < -0.39 is 11.4 Å². The molecule has 5 heteroatoms. The summed E-state index contributed by atoms with van der Waals surface area (Å²) in [5, 5.41) is 12.4. The summed E-state index contributed by atoms with van der Waals surface area (Å²) in [5.41, 5.74) is -0.356. The molecule has 1 fully saturated rings. The molecule has 20 heavy (non-hydrogen) atoms. The first-order chi connectivity index (χ1) is 9.46. The number of rotatable bonds is 4. The number of benzene rings is 1. The molecule has 0 saturated carbocycles. The quantitative estimate of drug-likeness (QED) is 0.887. The molecule has 1 aromatic rings. The number of piperidine rings is 1. The summed E-state index contributed by atoms with van der Waals surface area (Å²) < 4.78 is 13.4. The molecule has 1 heterocycles. The monoisotopic (exact) mass is 280 g/mol. The molecule has 1 aromatic carbocycles. The van der Waals surface area contributed by atoms with Crippen molar-refractivity contribution in [1.82, 2.24) is 4.90 Å². The van der Waals surface area contributed by atoms with Crippen molar-refractivity contribution in [1.29, 1.82) is 0 Å². The van der Waals surface area contributed by atoms with E-state index >= 15 is 0 Å². The summed E-state index contributed by atoms with van der Waals surface area (Å²) in [6.45, 7) is 4.06. The Bertz CT molecular complexity index is 467. The van der Waals surface area contributed by atoms with Crippen molar-refractivity contribution in [3.05, 3.63) is 30.1 Å². The van der Waals surface area contributed by atoms with Gasteiger partial charge in [0.1, 0.15) is 5.82 Å². The number of hydrogen-bond acceptors (Lipinski definition) is 3. The SMILES string of the molecule is CC1(O)CCN(CCC(=O)Nc2ccccc2F)CC1. The van der Waals surface area contributed by atoms with Crippen LogP contribution in [0.1, 0.15) is 26.2 Å². The Morgan fingerprint density at radius 1 is 1.40 bits per heavy atom. The van der Waals surface area contributed by atoms with E-state index in [9.17, 15) is 14.3 Å². The summed E-state index contributed by atoms with van der Waals surface area (Å²) >= 11 is 0. The number of likely N-dealkylation sites (tertiary alicyclic amines) is 1. The number of nitrogens with zero attached hydrogens (tertiary/aromatic N) is 1. The molecule has 4 nitrogen and oxygen atoms in total. The van der Waals surface area contributed by atoms with Gasteiger partial charge >= 0.3 is 0 Å². The maximum Gasteiger partial charge on any atom is 0.225 e. The number of carbonyl (C=O) groups excluding carboxylic acids is 1. The van der Waals surface area contributed by atoms with Crippen LogP contribution in [0.4, 0.5) is 10.1 Å². The van der Waals surface area contributed by atoms with Crippen LogP contribution in [0.15, 0.2) is 24.3 Å². The van der Waals surface area contributed by atoms with Gasteiger partial charge in [0.15, 0.2) is 0 Å². The van der Waals surface area contributed by atoms with Crippen LogP contribution in [0.3, 0.4) is 0 Å². The van der Waals surface area contributed by atoms with Gasteiger partial charge in [-0.1, -0.05) is 12.1 Å². The minimum absolute atomic E-state index is 0.188. The number of nitrogens with one attached hydrogen (secondary N) is 1. The molecule has 0 bridgehead atoms. The molecular formula is C15H21FN2O2. The van der Waals surface area contributed by atoms with Crippen LogP contribution in [0.5, 0.6) is 0 Å². The van der Waals surface area contributed by atoms with Crippen molar-refractivity contribution in [2.45, 2.75) is 31.8 Å². The van der Waals surface area contributed by atoms with Gasteiger partial charge in [0, 0.05) is 26.1 Å². The van der Waals surface area contributed by atoms with Gasteiger partial charge in [0.25, 0.3) is 0 Å². The summed E-state index contributed by atoms with van der Waals surface area (Å²) in [4.78, 5) is 13.9. The van der Waals surface area contributed by atoms with Crippen LogP contribution < -0.4 is 5.32 Å². The topological polar surface area (TPSA) is 52.6 Å². The number of hydrogen-bond donors (Lipinski definition) is 2. The average Bonchev–Trinajstić information content (AvgIpc) is 2.40. The van der Waals surface area contributed by atoms with E-state index in [0.717, 1.165) is 25.9 Å². The van der Waals surface area contributed by atoms with E-state index in [0.29, 0.717) is 13.0 Å². The van der Waals surface area contributed by atoms with Crippen molar-refractivity contribution >= 4 is 11.6 Å². The lowest BCUT2D eigenvalue weighted by Crippen LogP contribution is -2.43. The number of aliphatic hydroxyl groups is 1. The second-order valence-electron chi connectivity index (χ2n) is 5.62. The molecule has 0 aliphatic carbocycles. The fourth-order valence-corrected chi connectivity index (χ4v) is 2.29. The van der Waals surface area contributed by atoms with Gasteiger partial charge in [-0.15, -0.1) is 0 Å². The Morgan fingerprint density at radius 2 is 2.05 bits per heavy atom. The predicted octanol–water partition coefficient (Wildman–Crippen LogP) is 2.00. The fraction of sp³-hybridized carbons (Fsp3) is 0.533. The van der Waals surface area contributed by atoms with Crippen molar-refractivity contribution < 1.29 is 14.3 Å². The first kappa shape index (κ1) is 14.9. The van der Waals surface area contributed by atoms with Gasteiger partial charge in [-0.25, -0.2) is 4.39 Å². The molecule has 1 saturated heterocycles. The smallest absolute Gasteiger partial charge is 0.225 e. The van der Waals surface area contributed by atoms with Crippen molar-refractivity contribution in [3.8, 4) is 0 Å². The zero-order valence-electron chi connectivity index (χ0n) is 11.7. The molecule has 0 spiro atoms. The number of amides is 1. The van der Waals surface area contributed by atoms with Crippen molar-refractivity contribution in [2.24, 2.45) is 0 Å². The third-order valence-corrected chi connectivity index (χ3v) is 3.74. The molecule has 0 atom stereocenters. The molecule has 2 N–H and O–H groups in total. The van der Waals surface area contributed by atoms with Crippen molar-refractivity contribution in [3.63, 3.8) is 0 Å². The Hall–Kier alpha value is -1.46. The first-order valence-electron chi connectivity index (χ1n) is 6.95. The lowest BCUT2D eigenvalue weighted by Gasteiger charge is -2.35. The third-order valence-electron chi connectivity index (χ3n) is 3.74. The zero-order valence-corrected chi connectivity index (χ0v) is 11.7. The van der Waals surface area contributed by atoms with Crippen LogP contribution in [0.2, 0.25) is 0 Å². The predicted molar refractivity (Wildman–Crippen MR) is 75.9 cm³/mol. The maximum atomic E-state index is 13.4. The second-order valence-corrected chi connectivity index (χ2v) is 5.62. The average molecular weight is 280 g/mol. The summed E-state index contributed by atoms with van der Waals surface area (Å²) in [7, 11) is 0. The molecule has 0 aromatic heterocycles. The molecule has 1 aliphatic rings. The Balaban J connectivity index is 1.75. The van der Waals surface area contributed by atoms with Crippen molar-refractivity contribution in [2.75, 3.05) is 25.0 Å². The molecular weight excluding hydrogens is 259 g/mol. The van der Waals surface area contributed by atoms with Gasteiger partial charge in [0.05, 0.1) is 11.3 Å². The molecule has 0 unspecified atom stereocenters. The minimum Gasteiger partial charge on any atom is -0.390 e. The van der Waals surface area contributed by atoms with E-state index in [-0.39, 0.29) is 11.6 Å². The highest BCUT2D eigenvalue weighted by atomic mass is 19.1. The summed E-state index contributed by atoms with van der Waals surface area (Å²) in [6.07, 6.45) is 1.78. The lowest BCUT2D eigenvalue weighted by atomic mass is 9.94. The standard InChI is InChI=1S/C15H21FN2O2/c1-15(20)7-10-18(11-8-15)9-6-14(19)17-13-5-3-2-4-12(13)16/h2-5,20H,6-11H2,1H3,(H,17,19). The van der Waals surface area contributed by atoms with Gasteiger partial charge in [0.2, 0.25) is 5.91 Å². The molecule has 2 rings (SSSR count). The van der Waals surface area contributed by atoms with Gasteiger partial charge in [-0.2, -0.15) is 0 Å². The zero-order chi connectivity index (χ0) is 14.6. The lowest BCUT2D eigenvalue weighted by molar-refractivity contribution is -0.116. The number of carbonyl (C=O) groups is 1. The maximum absolute atomic E-state index is 13.4. The Kier molecular flexibility index (Phi) is 4.73. The van der Waals surface area contributed by atoms with E-state index in [1.807, 2.05) is 6.92 Å². The van der Waals surface area contributed by atoms with Crippen LogP contribution >= 0.6 is 0 Å². The Morgan fingerprint density at radius 3 is 2.70 bits per heavy atom. The number of halogens is 1. The fourth-order valence-electron chi connectivity index (χ4n) is 2.29. The van der Waals surface area contributed by atoms with Crippen LogP contribution in [0.25, 0.3) is 0 Å². The van der Waals surface area contributed by atoms with Crippen LogP contribution in [-0.4, -0.2) is 41.1 Å². The highest BCUT2D eigenvalue weighted by Gasteiger charge is 2.27. The summed E-state index contributed by atoms with van der Waals surface area (Å²) in [5.74, 6) is -0.609. The first-order valence-corrected chi connectivity index (χ1v) is 6.95. The number of para-hydroxylation sites is 1. The van der Waals surface area contributed by atoms with Gasteiger partial charge in [-0.3, -0.25) is 4.79 Å². The van der Waals surface area contributed by atoms with Crippen LogP contribution in [0, 0.1) is 5.82 Å². The largest absolute Gasteiger partial charge is 0.390 e.